The molecule has 0 saturated carbocycles. The van der Waals surface area contributed by atoms with Crippen LogP contribution in [-0.4, -0.2) is 18.1 Å². The van der Waals surface area contributed by atoms with Crippen LogP contribution in [0, 0.1) is 15.9 Å². The first-order valence-electron chi connectivity index (χ1n) is 4.35. The van der Waals surface area contributed by atoms with Crippen LogP contribution in [0.3, 0.4) is 0 Å². The Morgan fingerprint density at radius 2 is 2.07 bits per heavy atom. The van der Waals surface area contributed by atoms with E-state index in [1.54, 1.807) is 0 Å². The maximum Gasteiger partial charge on any atom is 0.277 e. The fourth-order valence-electron chi connectivity index (χ4n) is 1.42. The lowest BCUT2D eigenvalue weighted by molar-refractivity contribution is -0.386. The lowest BCUT2D eigenvalue weighted by atomic mass is 10.1. The van der Waals surface area contributed by atoms with Gasteiger partial charge in [0.15, 0.2) is 6.29 Å². The van der Waals surface area contributed by atoms with Crippen molar-refractivity contribution >= 4 is 5.69 Å². The molecule has 5 nitrogen and oxygen atoms in total. The Balaban J connectivity index is 2.41. The Bertz CT molecular complexity index is 390. The van der Waals surface area contributed by atoms with Crippen molar-refractivity contribution in [3.63, 3.8) is 0 Å². The molecule has 0 unspecified atom stereocenters. The molecule has 0 bridgehead atoms. The minimum atomic E-state index is -0.832. The molecule has 1 aliphatic rings. The van der Waals surface area contributed by atoms with Crippen LogP contribution in [0.15, 0.2) is 18.2 Å². The lowest BCUT2D eigenvalue weighted by Crippen LogP contribution is -2.03. The molecule has 0 atom stereocenters. The van der Waals surface area contributed by atoms with Gasteiger partial charge in [-0.05, 0) is 12.1 Å². The zero-order valence-corrected chi connectivity index (χ0v) is 7.68. The Morgan fingerprint density at radius 3 is 2.67 bits per heavy atom. The number of benzene rings is 1. The van der Waals surface area contributed by atoms with Crippen LogP contribution in [0.5, 0.6) is 0 Å². The molecule has 2 rings (SSSR count). The number of nitro benzene ring substituents is 1. The Morgan fingerprint density at radius 1 is 1.40 bits per heavy atom. The highest BCUT2D eigenvalue weighted by Crippen LogP contribution is 2.31. The molecule has 0 aliphatic carbocycles. The highest BCUT2D eigenvalue weighted by Gasteiger charge is 2.27. The minimum absolute atomic E-state index is 0.123. The van der Waals surface area contributed by atoms with Crippen molar-refractivity contribution in [1.82, 2.24) is 0 Å². The zero-order valence-electron chi connectivity index (χ0n) is 7.68. The van der Waals surface area contributed by atoms with Crippen LogP contribution in [0.2, 0.25) is 0 Å². The average molecular weight is 213 g/mol. The Hall–Kier alpha value is -1.53. The maximum absolute atomic E-state index is 12.9. The molecular weight excluding hydrogens is 205 g/mol. The third-order valence-corrected chi connectivity index (χ3v) is 2.06. The first-order chi connectivity index (χ1) is 7.18. The molecule has 6 heteroatoms. The van der Waals surface area contributed by atoms with Crippen LogP contribution in [0.25, 0.3) is 0 Å². The molecule has 1 heterocycles. The van der Waals surface area contributed by atoms with Gasteiger partial charge in [-0.15, -0.1) is 0 Å². The normalized spacial score (nSPS) is 16.9. The predicted molar refractivity (Wildman–Crippen MR) is 47.7 cm³/mol. The molecule has 0 aromatic heterocycles. The Labute approximate surface area is 84.6 Å². The number of rotatable bonds is 2. The fourth-order valence-corrected chi connectivity index (χ4v) is 1.42. The second kappa shape index (κ2) is 3.92. The summed E-state index contributed by atoms with van der Waals surface area (Å²) in [5, 5.41) is 10.7. The van der Waals surface area contributed by atoms with Gasteiger partial charge < -0.3 is 9.47 Å². The quantitative estimate of drug-likeness (QED) is 0.555. The average Bonchev–Trinajstić information content (AvgIpc) is 2.69. The predicted octanol–water partition coefficient (Wildman–Crippen LogP) is 1.78. The van der Waals surface area contributed by atoms with Crippen LogP contribution in [0.1, 0.15) is 11.9 Å². The molecule has 1 fully saturated rings. The highest BCUT2D eigenvalue weighted by molar-refractivity contribution is 5.41. The number of nitro groups is 1. The van der Waals surface area contributed by atoms with Gasteiger partial charge in [-0.1, -0.05) is 0 Å². The van der Waals surface area contributed by atoms with Crippen LogP contribution in [-0.2, 0) is 9.47 Å². The Kier molecular flexibility index (Phi) is 2.61. The van der Waals surface area contributed by atoms with E-state index in [0.717, 1.165) is 18.2 Å². The van der Waals surface area contributed by atoms with Gasteiger partial charge in [0.1, 0.15) is 5.82 Å². The van der Waals surface area contributed by atoms with Gasteiger partial charge >= 0.3 is 0 Å². The summed E-state index contributed by atoms with van der Waals surface area (Å²) >= 11 is 0. The highest BCUT2D eigenvalue weighted by atomic mass is 19.1. The third kappa shape index (κ3) is 1.95. The summed E-state index contributed by atoms with van der Waals surface area (Å²) in [6.45, 7) is 0.719. The van der Waals surface area contributed by atoms with Crippen LogP contribution >= 0.6 is 0 Å². The van der Waals surface area contributed by atoms with Crippen molar-refractivity contribution < 1.29 is 18.8 Å². The fraction of sp³-hybridized carbons (Fsp3) is 0.333. The molecule has 15 heavy (non-hydrogen) atoms. The number of hydrogen-bond donors (Lipinski definition) is 0. The van der Waals surface area contributed by atoms with Crippen molar-refractivity contribution in [1.29, 1.82) is 0 Å². The number of ether oxygens (including phenoxy) is 2. The van der Waals surface area contributed by atoms with Gasteiger partial charge in [0, 0.05) is 6.07 Å². The molecule has 1 saturated heterocycles. The van der Waals surface area contributed by atoms with E-state index >= 15 is 0 Å². The monoisotopic (exact) mass is 213 g/mol. The van der Waals surface area contributed by atoms with E-state index in [-0.39, 0.29) is 11.3 Å². The van der Waals surface area contributed by atoms with E-state index in [0.29, 0.717) is 13.2 Å². The maximum atomic E-state index is 12.9. The van der Waals surface area contributed by atoms with Gasteiger partial charge in [-0.2, -0.15) is 0 Å². The minimum Gasteiger partial charge on any atom is -0.346 e. The molecule has 1 aliphatic heterocycles. The third-order valence-electron chi connectivity index (χ3n) is 2.06. The zero-order chi connectivity index (χ0) is 10.8. The molecule has 0 radical (unpaired) electrons. The topological polar surface area (TPSA) is 61.6 Å². The van der Waals surface area contributed by atoms with E-state index < -0.39 is 17.0 Å². The first kappa shape index (κ1) is 10.0. The lowest BCUT2D eigenvalue weighted by Gasteiger charge is -2.09. The molecule has 0 spiro atoms. The number of hydrogen-bond acceptors (Lipinski definition) is 4. The van der Waals surface area contributed by atoms with Crippen molar-refractivity contribution in [2.75, 3.05) is 13.2 Å². The molecule has 0 N–H and O–H groups in total. The second-order valence-electron chi connectivity index (χ2n) is 3.03. The van der Waals surface area contributed by atoms with E-state index in [9.17, 15) is 14.5 Å². The first-order valence-corrected chi connectivity index (χ1v) is 4.35. The van der Waals surface area contributed by atoms with E-state index in [2.05, 4.69) is 0 Å². The standard InChI is InChI=1S/C9H8FNO4/c10-6-1-2-8(11(12)13)7(5-6)9-14-3-4-15-9/h1-2,5,9H,3-4H2. The van der Waals surface area contributed by atoms with Crippen molar-refractivity contribution in [2.45, 2.75) is 6.29 Å². The number of nitrogens with zero attached hydrogens (tertiary/aromatic N) is 1. The second-order valence-corrected chi connectivity index (χ2v) is 3.03. The van der Waals surface area contributed by atoms with E-state index in [1.807, 2.05) is 0 Å². The molecule has 1 aromatic rings. The van der Waals surface area contributed by atoms with Gasteiger partial charge in [0.25, 0.3) is 5.69 Å². The largest absolute Gasteiger partial charge is 0.346 e. The van der Waals surface area contributed by atoms with Crippen LogP contribution in [0.4, 0.5) is 10.1 Å². The smallest absolute Gasteiger partial charge is 0.277 e. The SMILES string of the molecule is O=[N+]([O-])c1ccc(F)cc1C1OCCO1. The molecule has 0 amide bonds. The van der Waals surface area contributed by atoms with Crippen molar-refractivity contribution in [3.8, 4) is 0 Å². The molecule has 1 aromatic carbocycles. The van der Waals surface area contributed by atoms with Gasteiger partial charge in [-0.3, -0.25) is 10.1 Å². The summed E-state index contributed by atoms with van der Waals surface area (Å²) in [4.78, 5) is 10.1. The van der Waals surface area contributed by atoms with Crippen molar-refractivity contribution in [2.24, 2.45) is 0 Å². The summed E-state index contributed by atoms with van der Waals surface area (Å²) in [5.41, 5.74) is -0.0687. The summed E-state index contributed by atoms with van der Waals surface area (Å²) in [6.07, 6.45) is -0.832. The van der Waals surface area contributed by atoms with E-state index in [4.69, 9.17) is 9.47 Å². The summed E-state index contributed by atoms with van der Waals surface area (Å²) < 4.78 is 23.1. The van der Waals surface area contributed by atoms with Gasteiger partial charge in [0.2, 0.25) is 0 Å². The van der Waals surface area contributed by atoms with Gasteiger partial charge in [0.05, 0.1) is 23.7 Å². The summed E-state index contributed by atoms with van der Waals surface area (Å²) in [5.74, 6) is -0.547. The van der Waals surface area contributed by atoms with Crippen LogP contribution < -0.4 is 0 Å². The molecule has 80 valence electrons. The molecular formula is C9H8FNO4. The van der Waals surface area contributed by atoms with Crippen molar-refractivity contribution in [3.05, 3.63) is 39.7 Å². The summed E-state index contributed by atoms with van der Waals surface area (Å²) in [6, 6.07) is 3.21. The van der Waals surface area contributed by atoms with E-state index in [1.165, 1.54) is 0 Å². The van der Waals surface area contributed by atoms with Gasteiger partial charge in [-0.25, -0.2) is 4.39 Å². The summed E-state index contributed by atoms with van der Waals surface area (Å²) in [7, 11) is 0. The number of halogens is 1.